The van der Waals surface area contributed by atoms with Gasteiger partial charge in [-0.25, -0.2) is 15.0 Å². The molecule has 0 radical (unpaired) electrons. The summed E-state index contributed by atoms with van der Waals surface area (Å²) in [5.74, 6) is 1.32. The van der Waals surface area contributed by atoms with Crippen LogP contribution >= 0.6 is 23.4 Å². The fourth-order valence-corrected chi connectivity index (χ4v) is 2.48. The van der Waals surface area contributed by atoms with E-state index in [1.54, 1.807) is 6.20 Å². The average molecular weight is 295 g/mol. The van der Waals surface area contributed by atoms with Crippen LogP contribution in [0, 0.1) is 6.92 Å². The highest BCUT2D eigenvalue weighted by Crippen LogP contribution is 2.29. The van der Waals surface area contributed by atoms with E-state index in [2.05, 4.69) is 21.9 Å². The first-order valence-electron chi connectivity index (χ1n) is 6.02. The van der Waals surface area contributed by atoms with Gasteiger partial charge < -0.3 is 5.73 Å². The Kier molecular flexibility index (Phi) is 4.61. The number of pyridine rings is 1. The molecule has 0 aliphatic rings. The van der Waals surface area contributed by atoms with E-state index in [1.807, 2.05) is 19.1 Å². The minimum Gasteiger partial charge on any atom is -0.383 e. The number of nitrogens with zero attached hydrogens (tertiary/aromatic N) is 3. The largest absolute Gasteiger partial charge is 0.383 e. The lowest BCUT2D eigenvalue weighted by atomic mass is 10.3. The van der Waals surface area contributed by atoms with Crippen molar-refractivity contribution in [2.24, 2.45) is 0 Å². The Labute approximate surface area is 121 Å². The van der Waals surface area contributed by atoms with Crippen molar-refractivity contribution < 1.29 is 0 Å². The standard InChI is InChI=1S/C13H15ClN4S/c1-3-4-10-17-12(15)8(2)13(18-10)19-11-6-5-9(14)7-16-11/h5-7H,3-4H2,1-2H3,(H2,15,17,18). The highest BCUT2D eigenvalue weighted by atomic mass is 35.5. The molecular formula is C13H15ClN4S. The zero-order chi connectivity index (χ0) is 13.8. The van der Waals surface area contributed by atoms with E-state index in [9.17, 15) is 0 Å². The zero-order valence-electron chi connectivity index (χ0n) is 10.9. The maximum Gasteiger partial charge on any atom is 0.132 e. The predicted octanol–water partition coefficient (Wildman–Crippen LogP) is 3.52. The molecule has 0 aliphatic heterocycles. The van der Waals surface area contributed by atoms with Crippen molar-refractivity contribution in [2.45, 2.75) is 36.7 Å². The zero-order valence-corrected chi connectivity index (χ0v) is 12.4. The normalized spacial score (nSPS) is 10.7. The van der Waals surface area contributed by atoms with Crippen LogP contribution < -0.4 is 5.73 Å². The van der Waals surface area contributed by atoms with E-state index in [-0.39, 0.29) is 0 Å². The third-order valence-electron chi connectivity index (χ3n) is 2.56. The van der Waals surface area contributed by atoms with E-state index < -0.39 is 0 Å². The van der Waals surface area contributed by atoms with Gasteiger partial charge in [0.05, 0.1) is 5.02 Å². The first kappa shape index (κ1) is 14.1. The Morgan fingerprint density at radius 1 is 1.32 bits per heavy atom. The van der Waals surface area contributed by atoms with Crippen molar-refractivity contribution in [3.8, 4) is 0 Å². The minimum atomic E-state index is 0.537. The molecule has 2 rings (SSSR count). The lowest BCUT2D eigenvalue weighted by Gasteiger charge is -2.08. The number of nitrogen functional groups attached to an aromatic ring is 1. The number of halogens is 1. The molecule has 0 unspecified atom stereocenters. The van der Waals surface area contributed by atoms with Crippen LogP contribution in [0.1, 0.15) is 24.7 Å². The van der Waals surface area contributed by atoms with Crippen molar-refractivity contribution >= 4 is 29.2 Å². The van der Waals surface area contributed by atoms with Gasteiger partial charge in [-0.3, -0.25) is 0 Å². The second-order valence-corrected chi connectivity index (χ2v) is 5.57. The Hall–Kier alpha value is -1.33. The van der Waals surface area contributed by atoms with Crippen LogP contribution in [0.5, 0.6) is 0 Å². The number of aromatic nitrogens is 3. The van der Waals surface area contributed by atoms with Gasteiger partial charge in [-0.1, -0.05) is 18.5 Å². The molecule has 0 spiro atoms. The molecule has 6 heteroatoms. The van der Waals surface area contributed by atoms with Gasteiger partial charge in [0, 0.05) is 18.2 Å². The molecule has 0 saturated carbocycles. The third kappa shape index (κ3) is 3.58. The highest BCUT2D eigenvalue weighted by Gasteiger charge is 2.10. The Morgan fingerprint density at radius 3 is 2.74 bits per heavy atom. The smallest absolute Gasteiger partial charge is 0.132 e. The number of hydrogen-bond donors (Lipinski definition) is 1. The molecule has 0 amide bonds. The van der Waals surface area contributed by atoms with Crippen LogP contribution in [0.15, 0.2) is 28.4 Å². The van der Waals surface area contributed by atoms with Gasteiger partial charge in [-0.2, -0.15) is 0 Å². The molecule has 2 heterocycles. The maximum atomic E-state index is 5.92. The lowest BCUT2D eigenvalue weighted by Crippen LogP contribution is -2.04. The summed E-state index contributed by atoms with van der Waals surface area (Å²) in [7, 11) is 0. The Bertz CT molecular complexity index is 572. The van der Waals surface area contributed by atoms with E-state index in [0.717, 1.165) is 34.3 Å². The summed E-state index contributed by atoms with van der Waals surface area (Å²) in [6.07, 6.45) is 3.44. The van der Waals surface area contributed by atoms with Gasteiger partial charge in [-0.15, -0.1) is 0 Å². The molecule has 0 fully saturated rings. The number of aryl methyl sites for hydroxylation is 1. The summed E-state index contributed by atoms with van der Waals surface area (Å²) in [5, 5.41) is 2.31. The van der Waals surface area contributed by atoms with Gasteiger partial charge in [-0.05, 0) is 37.2 Å². The SMILES string of the molecule is CCCc1nc(N)c(C)c(Sc2ccc(Cl)cn2)n1. The number of nitrogens with two attached hydrogens (primary N) is 1. The molecular weight excluding hydrogens is 280 g/mol. The van der Waals surface area contributed by atoms with Gasteiger partial charge in [0.2, 0.25) is 0 Å². The van der Waals surface area contributed by atoms with Crippen LogP contribution in [0.3, 0.4) is 0 Å². The molecule has 2 N–H and O–H groups in total. The van der Waals surface area contributed by atoms with E-state index in [1.165, 1.54) is 11.8 Å². The Morgan fingerprint density at radius 2 is 2.11 bits per heavy atom. The van der Waals surface area contributed by atoms with E-state index in [0.29, 0.717) is 10.8 Å². The van der Waals surface area contributed by atoms with Crippen molar-refractivity contribution in [2.75, 3.05) is 5.73 Å². The summed E-state index contributed by atoms with van der Waals surface area (Å²) in [6, 6.07) is 3.67. The molecule has 0 bridgehead atoms. The molecule has 0 aliphatic carbocycles. The van der Waals surface area contributed by atoms with Crippen molar-refractivity contribution in [1.29, 1.82) is 0 Å². The van der Waals surface area contributed by atoms with E-state index >= 15 is 0 Å². The van der Waals surface area contributed by atoms with Crippen LogP contribution in [0.2, 0.25) is 5.02 Å². The van der Waals surface area contributed by atoms with Crippen LogP contribution in [0.25, 0.3) is 0 Å². The summed E-state index contributed by atoms with van der Waals surface area (Å²) in [4.78, 5) is 13.1. The van der Waals surface area contributed by atoms with Gasteiger partial charge in [0.15, 0.2) is 0 Å². The number of anilines is 1. The first-order chi connectivity index (χ1) is 9.10. The highest BCUT2D eigenvalue weighted by molar-refractivity contribution is 7.99. The number of hydrogen-bond acceptors (Lipinski definition) is 5. The monoisotopic (exact) mass is 294 g/mol. The first-order valence-corrected chi connectivity index (χ1v) is 7.22. The molecule has 19 heavy (non-hydrogen) atoms. The second-order valence-electron chi connectivity index (χ2n) is 4.12. The van der Waals surface area contributed by atoms with Crippen LogP contribution in [-0.4, -0.2) is 15.0 Å². The summed E-state index contributed by atoms with van der Waals surface area (Å²) in [6.45, 7) is 4.01. The molecule has 2 aromatic rings. The van der Waals surface area contributed by atoms with Gasteiger partial charge in [0.1, 0.15) is 21.7 Å². The molecule has 4 nitrogen and oxygen atoms in total. The van der Waals surface area contributed by atoms with Crippen LogP contribution in [-0.2, 0) is 6.42 Å². The summed E-state index contributed by atoms with van der Waals surface area (Å²) >= 11 is 7.30. The van der Waals surface area contributed by atoms with Crippen molar-refractivity contribution in [3.05, 3.63) is 34.7 Å². The number of rotatable bonds is 4. The van der Waals surface area contributed by atoms with Crippen LogP contribution in [0.4, 0.5) is 5.82 Å². The van der Waals surface area contributed by atoms with Gasteiger partial charge in [0.25, 0.3) is 0 Å². The lowest BCUT2D eigenvalue weighted by molar-refractivity contribution is 0.805. The molecule has 0 aromatic carbocycles. The van der Waals surface area contributed by atoms with E-state index in [4.69, 9.17) is 17.3 Å². The molecule has 0 saturated heterocycles. The van der Waals surface area contributed by atoms with Crippen molar-refractivity contribution in [1.82, 2.24) is 15.0 Å². The van der Waals surface area contributed by atoms with Gasteiger partial charge >= 0.3 is 0 Å². The average Bonchev–Trinajstić information content (AvgIpc) is 2.38. The topological polar surface area (TPSA) is 64.7 Å². The predicted molar refractivity (Wildman–Crippen MR) is 78.5 cm³/mol. The molecule has 2 aromatic heterocycles. The fraction of sp³-hybridized carbons (Fsp3) is 0.308. The van der Waals surface area contributed by atoms with Crippen molar-refractivity contribution in [3.63, 3.8) is 0 Å². The second kappa shape index (κ2) is 6.21. The third-order valence-corrected chi connectivity index (χ3v) is 3.83. The summed E-state index contributed by atoms with van der Waals surface area (Å²) in [5.41, 5.74) is 6.81. The minimum absolute atomic E-state index is 0.537. The molecule has 100 valence electrons. The fourth-order valence-electron chi connectivity index (χ4n) is 1.51. The molecule has 0 atom stereocenters. The quantitative estimate of drug-likeness (QED) is 0.874. The summed E-state index contributed by atoms with van der Waals surface area (Å²) < 4.78 is 0. The Balaban J connectivity index is 2.30. The maximum absolute atomic E-state index is 5.92.